The first-order valence-corrected chi connectivity index (χ1v) is 8.01. The van der Waals surface area contributed by atoms with E-state index in [2.05, 4.69) is 10.3 Å². The van der Waals surface area contributed by atoms with E-state index < -0.39 is 17.2 Å². The molecule has 0 aliphatic heterocycles. The van der Waals surface area contributed by atoms with Gasteiger partial charge in [-0.25, -0.2) is 4.79 Å². The van der Waals surface area contributed by atoms with Gasteiger partial charge in [0.25, 0.3) is 5.56 Å². The first kappa shape index (κ1) is 17.5. The molecule has 0 spiro atoms. The largest absolute Gasteiger partial charge is 0.456 e. The van der Waals surface area contributed by atoms with Gasteiger partial charge in [0, 0.05) is 18.0 Å². The summed E-state index contributed by atoms with van der Waals surface area (Å²) >= 11 is 6.04. The maximum Gasteiger partial charge on any atom is 0.328 e. The molecule has 1 aromatic heterocycles. The highest BCUT2D eigenvalue weighted by Gasteiger charge is 2.06. The number of hydrogen-bond acceptors (Lipinski definition) is 4. The van der Waals surface area contributed by atoms with E-state index in [4.69, 9.17) is 16.3 Å². The minimum absolute atomic E-state index is 0.215. The summed E-state index contributed by atoms with van der Waals surface area (Å²) in [6.07, 6.45) is 1.27. The van der Waals surface area contributed by atoms with Gasteiger partial charge in [0.15, 0.2) is 0 Å². The van der Waals surface area contributed by atoms with Gasteiger partial charge in [-0.2, -0.15) is 0 Å². The number of rotatable bonds is 5. The van der Waals surface area contributed by atoms with Crippen LogP contribution < -0.4 is 21.3 Å². The maximum absolute atomic E-state index is 12.0. The highest BCUT2D eigenvalue weighted by atomic mass is 35.5. The molecule has 8 heteroatoms. The second kappa shape index (κ2) is 7.71. The van der Waals surface area contributed by atoms with E-state index in [-0.39, 0.29) is 6.54 Å². The van der Waals surface area contributed by atoms with Gasteiger partial charge in [0.2, 0.25) is 5.91 Å². The molecule has 1 heterocycles. The zero-order chi connectivity index (χ0) is 18.5. The molecule has 0 bridgehead atoms. The van der Waals surface area contributed by atoms with E-state index >= 15 is 0 Å². The van der Waals surface area contributed by atoms with Crippen LogP contribution in [0.15, 0.2) is 70.4 Å². The van der Waals surface area contributed by atoms with E-state index in [0.717, 1.165) is 4.57 Å². The fourth-order valence-corrected chi connectivity index (χ4v) is 2.36. The van der Waals surface area contributed by atoms with Gasteiger partial charge in [0.1, 0.15) is 18.0 Å². The average Bonchev–Trinajstić information content (AvgIpc) is 2.61. The van der Waals surface area contributed by atoms with Gasteiger partial charge in [-0.1, -0.05) is 23.7 Å². The molecule has 1 amide bonds. The molecule has 0 unspecified atom stereocenters. The zero-order valence-corrected chi connectivity index (χ0v) is 14.2. The Hall–Kier alpha value is -3.32. The predicted octanol–water partition coefficient (Wildman–Crippen LogP) is 2.62. The lowest BCUT2D eigenvalue weighted by molar-refractivity contribution is -0.116. The lowest BCUT2D eigenvalue weighted by atomic mass is 10.3. The van der Waals surface area contributed by atoms with Crippen LogP contribution in [0.25, 0.3) is 0 Å². The molecule has 132 valence electrons. The second-order valence-electron chi connectivity index (χ2n) is 5.34. The number of aromatic amines is 1. The van der Waals surface area contributed by atoms with Gasteiger partial charge >= 0.3 is 5.69 Å². The number of carbonyl (C=O) groups is 1. The van der Waals surface area contributed by atoms with Crippen LogP contribution in [0.5, 0.6) is 11.5 Å². The van der Waals surface area contributed by atoms with Crippen molar-refractivity contribution >= 4 is 23.2 Å². The third kappa shape index (κ3) is 4.40. The Balaban J connectivity index is 1.63. The molecule has 0 fully saturated rings. The number of aromatic nitrogens is 2. The highest BCUT2D eigenvalue weighted by molar-refractivity contribution is 6.32. The quantitative estimate of drug-likeness (QED) is 0.721. The SMILES string of the molecule is O=C(Cn1ccc(=O)[nH]c1=O)Nc1ccc(Oc2ccccc2Cl)cc1. The van der Waals surface area contributed by atoms with Crippen LogP contribution in [-0.2, 0) is 11.3 Å². The Kier molecular flexibility index (Phi) is 5.19. The molecule has 0 saturated heterocycles. The van der Waals surface area contributed by atoms with Gasteiger partial charge < -0.3 is 10.1 Å². The molecule has 3 aromatic rings. The number of nitrogens with one attached hydrogen (secondary N) is 2. The Morgan fingerprint density at radius 3 is 2.50 bits per heavy atom. The molecular formula is C18H14ClN3O4. The number of ether oxygens (including phenoxy) is 1. The Labute approximate surface area is 152 Å². The van der Waals surface area contributed by atoms with Crippen molar-refractivity contribution in [2.75, 3.05) is 5.32 Å². The lowest BCUT2D eigenvalue weighted by Crippen LogP contribution is -2.32. The topological polar surface area (TPSA) is 93.2 Å². The molecule has 0 aliphatic rings. The summed E-state index contributed by atoms with van der Waals surface area (Å²) in [7, 11) is 0. The van der Waals surface area contributed by atoms with Crippen LogP contribution >= 0.6 is 11.6 Å². The molecule has 0 atom stereocenters. The molecule has 7 nitrogen and oxygen atoms in total. The van der Waals surface area contributed by atoms with Crippen molar-refractivity contribution in [3.8, 4) is 11.5 Å². The van der Waals surface area contributed by atoms with Gasteiger partial charge in [-0.15, -0.1) is 0 Å². The average molecular weight is 372 g/mol. The molecule has 26 heavy (non-hydrogen) atoms. The first-order valence-electron chi connectivity index (χ1n) is 7.63. The number of anilines is 1. The Morgan fingerprint density at radius 1 is 1.08 bits per heavy atom. The predicted molar refractivity (Wildman–Crippen MR) is 97.9 cm³/mol. The van der Waals surface area contributed by atoms with Crippen molar-refractivity contribution in [3.63, 3.8) is 0 Å². The Bertz CT molecular complexity index is 1040. The lowest BCUT2D eigenvalue weighted by Gasteiger charge is -2.09. The number of halogens is 1. The summed E-state index contributed by atoms with van der Waals surface area (Å²) in [4.78, 5) is 36.7. The number of amides is 1. The summed E-state index contributed by atoms with van der Waals surface area (Å²) < 4.78 is 6.77. The molecular weight excluding hydrogens is 358 g/mol. The number of carbonyl (C=O) groups excluding carboxylic acids is 1. The fourth-order valence-electron chi connectivity index (χ4n) is 2.18. The van der Waals surface area contributed by atoms with E-state index in [1.807, 2.05) is 12.1 Å². The number of para-hydroxylation sites is 1. The molecule has 0 radical (unpaired) electrons. The smallest absolute Gasteiger partial charge is 0.328 e. The van der Waals surface area contributed by atoms with Crippen LogP contribution in [0.3, 0.4) is 0 Å². The third-order valence-electron chi connectivity index (χ3n) is 3.41. The van der Waals surface area contributed by atoms with Crippen molar-refractivity contribution in [3.05, 3.63) is 86.7 Å². The molecule has 0 saturated carbocycles. The number of H-pyrrole nitrogens is 1. The number of hydrogen-bond donors (Lipinski definition) is 2. The second-order valence-corrected chi connectivity index (χ2v) is 5.75. The fraction of sp³-hybridized carbons (Fsp3) is 0.0556. The van der Waals surface area contributed by atoms with E-state index in [1.54, 1.807) is 36.4 Å². The molecule has 0 aliphatic carbocycles. The number of benzene rings is 2. The summed E-state index contributed by atoms with van der Waals surface area (Å²) in [6.45, 7) is -0.215. The first-order chi connectivity index (χ1) is 12.5. The van der Waals surface area contributed by atoms with Crippen molar-refractivity contribution < 1.29 is 9.53 Å². The van der Waals surface area contributed by atoms with Crippen LogP contribution in [0.2, 0.25) is 5.02 Å². The van der Waals surface area contributed by atoms with E-state index in [9.17, 15) is 14.4 Å². The van der Waals surface area contributed by atoms with Crippen LogP contribution in [0, 0.1) is 0 Å². The zero-order valence-electron chi connectivity index (χ0n) is 13.4. The van der Waals surface area contributed by atoms with Gasteiger partial charge in [0.05, 0.1) is 5.02 Å². The summed E-state index contributed by atoms with van der Waals surface area (Å²) in [5.74, 6) is 0.690. The maximum atomic E-state index is 12.0. The Morgan fingerprint density at radius 2 is 1.81 bits per heavy atom. The van der Waals surface area contributed by atoms with Crippen molar-refractivity contribution in [2.24, 2.45) is 0 Å². The highest BCUT2D eigenvalue weighted by Crippen LogP contribution is 2.29. The molecule has 2 N–H and O–H groups in total. The normalized spacial score (nSPS) is 10.3. The summed E-state index contributed by atoms with van der Waals surface area (Å²) in [5.41, 5.74) is -0.615. The van der Waals surface area contributed by atoms with Crippen molar-refractivity contribution in [2.45, 2.75) is 6.54 Å². The molecule has 3 rings (SSSR count). The van der Waals surface area contributed by atoms with E-state index in [1.165, 1.54) is 12.3 Å². The number of nitrogens with zero attached hydrogens (tertiary/aromatic N) is 1. The van der Waals surface area contributed by atoms with E-state index in [0.29, 0.717) is 22.2 Å². The van der Waals surface area contributed by atoms with Gasteiger partial charge in [-0.05, 0) is 36.4 Å². The van der Waals surface area contributed by atoms with Gasteiger partial charge in [-0.3, -0.25) is 19.1 Å². The van der Waals surface area contributed by atoms with Crippen molar-refractivity contribution in [1.29, 1.82) is 0 Å². The van der Waals surface area contributed by atoms with Crippen molar-refractivity contribution in [1.82, 2.24) is 9.55 Å². The third-order valence-corrected chi connectivity index (χ3v) is 3.73. The minimum Gasteiger partial charge on any atom is -0.456 e. The van der Waals surface area contributed by atoms with Crippen LogP contribution in [-0.4, -0.2) is 15.5 Å². The molecule has 2 aromatic carbocycles. The minimum atomic E-state index is -0.642. The van der Waals surface area contributed by atoms with Crippen LogP contribution in [0.4, 0.5) is 5.69 Å². The summed E-state index contributed by atoms with van der Waals surface area (Å²) in [6, 6.07) is 15.0. The van der Waals surface area contributed by atoms with Crippen LogP contribution in [0.1, 0.15) is 0 Å². The standard InChI is InChI=1S/C18H14ClN3O4/c19-14-3-1-2-4-15(14)26-13-7-5-12(6-8-13)20-17(24)11-22-10-9-16(23)21-18(22)25/h1-10H,11H2,(H,20,24)(H,21,23,25). The monoisotopic (exact) mass is 371 g/mol. The summed E-state index contributed by atoms with van der Waals surface area (Å²) in [5, 5.41) is 3.16.